The van der Waals surface area contributed by atoms with Crippen LogP contribution in [-0.2, 0) is 4.74 Å². The van der Waals surface area contributed by atoms with Gasteiger partial charge in [-0.25, -0.2) is 0 Å². The quantitative estimate of drug-likeness (QED) is 0.632. The lowest BCUT2D eigenvalue weighted by atomic mass is 10.0. The molecule has 12 heavy (non-hydrogen) atoms. The van der Waals surface area contributed by atoms with E-state index in [0.717, 1.165) is 6.42 Å². The van der Waals surface area contributed by atoms with E-state index < -0.39 is 6.29 Å². The van der Waals surface area contributed by atoms with Crippen molar-refractivity contribution in [1.82, 2.24) is 0 Å². The van der Waals surface area contributed by atoms with E-state index in [1.54, 1.807) is 0 Å². The minimum atomic E-state index is -0.756. The summed E-state index contributed by atoms with van der Waals surface area (Å²) in [6.07, 6.45) is 0.777. The first-order chi connectivity index (χ1) is 5.72. The molecule has 3 atom stereocenters. The van der Waals surface area contributed by atoms with E-state index in [9.17, 15) is 0 Å². The molecule has 2 N–H and O–H groups in total. The van der Waals surface area contributed by atoms with Crippen LogP contribution in [-0.4, -0.2) is 28.7 Å². The van der Waals surface area contributed by atoms with Crippen LogP contribution < -0.4 is 0 Å². The van der Waals surface area contributed by atoms with Crippen LogP contribution in [0.1, 0.15) is 40.0 Å². The molecule has 1 rings (SSSR count). The van der Waals surface area contributed by atoms with Crippen molar-refractivity contribution in [3.8, 4) is 0 Å². The fourth-order valence-electron chi connectivity index (χ4n) is 1.23. The average Bonchev–Trinajstić information content (AvgIpc) is 2.06. The minimum absolute atomic E-state index is 0.0405. The molecule has 3 heteroatoms. The van der Waals surface area contributed by atoms with Gasteiger partial charge in [0.25, 0.3) is 0 Å². The highest BCUT2D eigenvalue weighted by molar-refractivity contribution is 4.70. The van der Waals surface area contributed by atoms with Gasteiger partial charge in [0, 0.05) is 6.42 Å². The fourth-order valence-corrected chi connectivity index (χ4v) is 1.23. The van der Waals surface area contributed by atoms with Crippen molar-refractivity contribution in [3.63, 3.8) is 0 Å². The van der Waals surface area contributed by atoms with Crippen LogP contribution in [0.3, 0.4) is 0 Å². The van der Waals surface area contributed by atoms with Crippen LogP contribution in [0.4, 0.5) is 0 Å². The number of aliphatic hydroxyl groups excluding tert-OH is 2. The largest absolute Gasteiger partial charge is 0.393 e. The van der Waals surface area contributed by atoms with E-state index in [4.69, 9.17) is 14.9 Å². The summed E-state index contributed by atoms with van der Waals surface area (Å²) in [5, 5.41) is 18.1. The zero-order valence-corrected chi connectivity index (χ0v) is 8.16. The summed E-state index contributed by atoms with van der Waals surface area (Å²) in [6.45, 7) is 5.98. The van der Waals surface area contributed by atoms with E-state index in [1.165, 1.54) is 0 Å². The summed E-state index contributed by atoms with van der Waals surface area (Å²) in [7, 11) is 0. The summed E-state index contributed by atoms with van der Waals surface area (Å²) in [4.78, 5) is 0. The Bertz CT molecular complexity index is 95.9. The van der Waals surface area contributed by atoms with Crippen LogP contribution in [0.5, 0.6) is 0 Å². The monoisotopic (exact) mass is 176 g/mol. The van der Waals surface area contributed by atoms with Crippen LogP contribution in [0.2, 0.25) is 0 Å². The van der Waals surface area contributed by atoms with Crippen molar-refractivity contribution in [1.29, 1.82) is 0 Å². The van der Waals surface area contributed by atoms with Gasteiger partial charge >= 0.3 is 0 Å². The normalized spacial score (nSPS) is 35.2. The average molecular weight is 176 g/mol. The summed E-state index contributed by atoms with van der Waals surface area (Å²) in [5.74, 6) is 0. The smallest absolute Gasteiger partial charge is 0.157 e. The van der Waals surface area contributed by atoms with Gasteiger partial charge < -0.3 is 14.9 Å². The molecular formula is C9H20O3. The molecule has 3 unspecified atom stereocenters. The van der Waals surface area contributed by atoms with Gasteiger partial charge in [-0.15, -0.1) is 0 Å². The fraction of sp³-hybridized carbons (Fsp3) is 1.00. The number of aliphatic hydroxyl groups is 2. The van der Waals surface area contributed by atoms with Gasteiger partial charge in [0.15, 0.2) is 6.29 Å². The predicted octanol–water partition coefficient (Wildman–Crippen LogP) is 1.28. The molecule has 3 nitrogen and oxygen atoms in total. The molecule has 0 radical (unpaired) electrons. The molecule has 1 fully saturated rings. The Balaban J connectivity index is 0.000000561. The molecule has 74 valence electrons. The Morgan fingerprint density at radius 1 is 1.25 bits per heavy atom. The second-order valence-electron chi connectivity index (χ2n) is 2.75. The van der Waals surface area contributed by atoms with Crippen molar-refractivity contribution < 1.29 is 14.9 Å². The number of ether oxygens (including phenoxy) is 1. The first-order valence-corrected chi connectivity index (χ1v) is 4.74. The third kappa shape index (κ3) is 4.04. The SMILES string of the molecule is CC.CCC1CC(O)CC(O)O1. The molecule has 1 heterocycles. The van der Waals surface area contributed by atoms with Crippen molar-refractivity contribution >= 4 is 0 Å². The van der Waals surface area contributed by atoms with E-state index in [1.807, 2.05) is 20.8 Å². The third-order valence-electron chi connectivity index (χ3n) is 1.81. The zero-order valence-electron chi connectivity index (χ0n) is 8.16. The molecule has 0 aromatic heterocycles. The molecule has 0 aromatic carbocycles. The predicted molar refractivity (Wildman–Crippen MR) is 47.8 cm³/mol. The number of hydrogen-bond acceptors (Lipinski definition) is 3. The first-order valence-electron chi connectivity index (χ1n) is 4.74. The number of hydrogen-bond donors (Lipinski definition) is 2. The van der Waals surface area contributed by atoms with Crippen LogP contribution in [0.25, 0.3) is 0 Å². The highest BCUT2D eigenvalue weighted by Gasteiger charge is 2.25. The third-order valence-corrected chi connectivity index (χ3v) is 1.81. The van der Waals surface area contributed by atoms with Crippen molar-refractivity contribution in [2.24, 2.45) is 0 Å². The van der Waals surface area contributed by atoms with Crippen LogP contribution in [0, 0.1) is 0 Å². The summed E-state index contributed by atoms with van der Waals surface area (Å²) in [5.41, 5.74) is 0. The van der Waals surface area contributed by atoms with E-state index in [0.29, 0.717) is 12.8 Å². The van der Waals surface area contributed by atoms with Gasteiger partial charge in [-0.05, 0) is 12.8 Å². The summed E-state index contributed by atoms with van der Waals surface area (Å²) < 4.78 is 5.10. The Hall–Kier alpha value is -0.120. The lowest BCUT2D eigenvalue weighted by Crippen LogP contribution is -2.34. The van der Waals surface area contributed by atoms with Gasteiger partial charge in [0.1, 0.15) is 0 Å². The molecule has 0 bridgehead atoms. The summed E-state index contributed by atoms with van der Waals surface area (Å²) >= 11 is 0. The van der Waals surface area contributed by atoms with Gasteiger partial charge in [-0.2, -0.15) is 0 Å². The lowest BCUT2D eigenvalue weighted by molar-refractivity contribution is -0.189. The topological polar surface area (TPSA) is 49.7 Å². The van der Waals surface area contributed by atoms with Crippen molar-refractivity contribution in [2.75, 3.05) is 0 Å². The molecule has 0 spiro atoms. The van der Waals surface area contributed by atoms with Gasteiger partial charge in [0.05, 0.1) is 12.2 Å². The minimum Gasteiger partial charge on any atom is -0.393 e. The Kier molecular flexibility index (Phi) is 6.34. The standard InChI is InChI=1S/C7H14O3.C2H6/c1-2-6-3-5(8)4-7(9)10-6;1-2/h5-9H,2-4H2,1H3;1-2H3. The highest BCUT2D eigenvalue weighted by Crippen LogP contribution is 2.19. The maximum atomic E-state index is 9.14. The van der Waals surface area contributed by atoms with Crippen molar-refractivity contribution in [3.05, 3.63) is 0 Å². The van der Waals surface area contributed by atoms with Crippen molar-refractivity contribution in [2.45, 2.75) is 58.5 Å². The van der Waals surface area contributed by atoms with Crippen LogP contribution in [0.15, 0.2) is 0 Å². The maximum Gasteiger partial charge on any atom is 0.157 e. The summed E-state index contributed by atoms with van der Waals surface area (Å²) in [6, 6.07) is 0. The lowest BCUT2D eigenvalue weighted by Gasteiger charge is -2.29. The van der Waals surface area contributed by atoms with Crippen LogP contribution >= 0.6 is 0 Å². The molecule has 0 aliphatic carbocycles. The Labute approximate surface area is 74.4 Å². The Morgan fingerprint density at radius 2 is 1.83 bits per heavy atom. The second kappa shape index (κ2) is 6.40. The second-order valence-corrected chi connectivity index (χ2v) is 2.75. The van der Waals surface area contributed by atoms with E-state index >= 15 is 0 Å². The maximum absolute atomic E-state index is 9.14. The number of rotatable bonds is 1. The molecule has 0 amide bonds. The molecular weight excluding hydrogens is 156 g/mol. The van der Waals surface area contributed by atoms with Gasteiger partial charge in [0.2, 0.25) is 0 Å². The molecule has 1 aliphatic heterocycles. The highest BCUT2D eigenvalue weighted by atomic mass is 16.6. The molecule has 0 aromatic rings. The van der Waals surface area contributed by atoms with E-state index in [-0.39, 0.29) is 12.2 Å². The first kappa shape index (κ1) is 11.9. The molecule has 1 aliphatic rings. The van der Waals surface area contributed by atoms with E-state index in [2.05, 4.69) is 0 Å². The van der Waals surface area contributed by atoms with Gasteiger partial charge in [-0.3, -0.25) is 0 Å². The molecule has 1 saturated heterocycles. The zero-order chi connectivity index (χ0) is 9.56. The van der Waals surface area contributed by atoms with Gasteiger partial charge in [-0.1, -0.05) is 20.8 Å². The molecule has 0 saturated carbocycles. The Morgan fingerprint density at radius 3 is 2.25 bits per heavy atom.